The fourth-order valence-electron chi connectivity index (χ4n) is 6.07. The molecule has 2 amide bonds. The van der Waals surface area contributed by atoms with Gasteiger partial charge in [0.15, 0.2) is 0 Å². The first-order valence-corrected chi connectivity index (χ1v) is 16.9. The molecule has 13 heteroatoms. The van der Waals surface area contributed by atoms with Gasteiger partial charge in [0.25, 0.3) is 0 Å². The SMILES string of the molecule is CC(C)(C)OC(=O)N1CCC[C@H]1c1ncc(-c2ccc(C=CCc3ccc4nc([C@@H]5CCCN5C(=O)OC(C)(C)C)[nH]c4c3)s2)[nH]1.S.S. The molecule has 3 aromatic heterocycles. The molecule has 0 bridgehead atoms. The van der Waals surface area contributed by atoms with Crippen molar-refractivity contribution >= 4 is 67.6 Å². The number of imidazole rings is 2. The van der Waals surface area contributed by atoms with Gasteiger partial charge in [0.1, 0.15) is 22.9 Å². The van der Waals surface area contributed by atoms with Crippen molar-refractivity contribution in [1.29, 1.82) is 0 Å². The number of hydrogen-bond donors (Lipinski definition) is 2. The minimum Gasteiger partial charge on any atom is -0.444 e. The van der Waals surface area contributed by atoms with Gasteiger partial charge in [-0.2, -0.15) is 27.0 Å². The number of aromatic amines is 2. The summed E-state index contributed by atoms with van der Waals surface area (Å²) < 4.78 is 11.3. The predicted octanol–water partition coefficient (Wildman–Crippen LogP) is 8.64. The highest BCUT2D eigenvalue weighted by Crippen LogP contribution is 2.35. The quantitative estimate of drug-likeness (QED) is 0.207. The summed E-state index contributed by atoms with van der Waals surface area (Å²) in [5, 5.41) is 0. The molecule has 2 aliphatic rings. The van der Waals surface area contributed by atoms with Crippen molar-refractivity contribution in [1.82, 2.24) is 29.7 Å². The van der Waals surface area contributed by atoms with Crippen LogP contribution in [0.5, 0.6) is 0 Å². The molecule has 5 heterocycles. The zero-order valence-corrected chi connectivity index (χ0v) is 31.4. The maximum absolute atomic E-state index is 12.8. The van der Waals surface area contributed by atoms with E-state index in [4.69, 9.17) is 14.5 Å². The molecule has 2 atom stereocenters. The zero-order chi connectivity index (χ0) is 32.6. The summed E-state index contributed by atoms with van der Waals surface area (Å²) in [4.78, 5) is 47.8. The number of rotatable bonds is 6. The first kappa shape index (κ1) is 37.4. The normalized spacial score (nSPS) is 18.3. The van der Waals surface area contributed by atoms with Gasteiger partial charge in [-0.05, 0) is 110 Å². The molecule has 10 nitrogen and oxygen atoms in total. The number of allylic oxidation sites excluding steroid dienone is 1. The second kappa shape index (κ2) is 15.0. The number of carbonyl (C=O) groups is 2. The Morgan fingerprint density at radius 2 is 1.52 bits per heavy atom. The van der Waals surface area contributed by atoms with Gasteiger partial charge in [0.05, 0.1) is 39.9 Å². The molecule has 48 heavy (non-hydrogen) atoms. The molecule has 2 fully saturated rings. The number of carbonyl (C=O) groups excluding carboxylic acids is 2. The van der Waals surface area contributed by atoms with Crippen molar-refractivity contribution in [2.24, 2.45) is 0 Å². The Bertz CT molecular complexity index is 1750. The Balaban J connectivity index is 0.00000260. The van der Waals surface area contributed by atoms with Gasteiger partial charge in [0.2, 0.25) is 0 Å². The third kappa shape index (κ3) is 8.78. The summed E-state index contributed by atoms with van der Waals surface area (Å²) in [6.45, 7) is 12.7. The van der Waals surface area contributed by atoms with Crippen molar-refractivity contribution in [2.75, 3.05) is 13.1 Å². The van der Waals surface area contributed by atoms with Crippen molar-refractivity contribution in [2.45, 2.75) is 96.9 Å². The largest absolute Gasteiger partial charge is 0.444 e. The first-order valence-electron chi connectivity index (χ1n) is 16.1. The van der Waals surface area contributed by atoms with Gasteiger partial charge in [0, 0.05) is 18.0 Å². The number of nitrogens with one attached hydrogen (secondary N) is 2. The van der Waals surface area contributed by atoms with E-state index in [1.807, 2.05) is 53.8 Å². The number of likely N-dealkylation sites (tertiary alicyclic amines) is 2. The summed E-state index contributed by atoms with van der Waals surface area (Å²) in [7, 11) is 0. The van der Waals surface area contributed by atoms with Crippen LogP contribution < -0.4 is 0 Å². The van der Waals surface area contributed by atoms with E-state index in [-0.39, 0.29) is 51.3 Å². The van der Waals surface area contributed by atoms with E-state index in [1.165, 1.54) is 5.56 Å². The maximum atomic E-state index is 12.8. The van der Waals surface area contributed by atoms with Crippen LogP contribution in [0, 0.1) is 0 Å². The number of H-pyrrole nitrogens is 2. The second-order valence-corrected chi connectivity index (χ2v) is 15.2. The third-order valence-corrected chi connectivity index (χ3v) is 9.16. The zero-order valence-electron chi connectivity index (χ0n) is 28.6. The fraction of sp³-hybridized carbons (Fsp3) is 0.486. The van der Waals surface area contributed by atoms with Crippen molar-refractivity contribution in [3.8, 4) is 10.6 Å². The van der Waals surface area contributed by atoms with Crippen LogP contribution in [-0.4, -0.2) is 66.2 Å². The van der Waals surface area contributed by atoms with Gasteiger partial charge in [-0.1, -0.05) is 12.1 Å². The molecule has 0 unspecified atom stereocenters. The highest BCUT2D eigenvalue weighted by Gasteiger charge is 2.36. The Morgan fingerprint density at radius 3 is 2.15 bits per heavy atom. The third-order valence-electron chi connectivity index (χ3n) is 8.08. The topological polar surface area (TPSA) is 116 Å². The van der Waals surface area contributed by atoms with E-state index in [9.17, 15) is 9.59 Å². The lowest BCUT2D eigenvalue weighted by Crippen LogP contribution is -2.36. The molecule has 0 aliphatic carbocycles. The number of aromatic nitrogens is 4. The molecule has 2 aliphatic heterocycles. The molecule has 4 aromatic rings. The lowest BCUT2D eigenvalue weighted by Gasteiger charge is -2.27. The average Bonchev–Trinajstić information content (AvgIpc) is 3.80. The Hall–Kier alpha value is -3.42. The van der Waals surface area contributed by atoms with Crippen LogP contribution in [0.4, 0.5) is 9.59 Å². The summed E-state index contributed by atoms with van der Waals surface area (Å²) in [6.07, 6.45) is 9.95. The van der Waals surface area contributed by atoms with Crippen LogP contribution in [0.1, 0.15) is 101 Å². The molecular weight excluding hydrogens is 665 g/mol. The van der Waals surface area contributed by atoms with E-state index in [1.54, 1.807) is 21.1 Å². The summed E-state index contributed by atoms with van der Waals surface area (Å²) in [5.74, 6) is 1.61. The van der Waals surface area contributed by atoms with Crippen LogP contribution in [0.25, 0.3) is 27.7 Å². The Labute approximate surface area is 300 Å². The van der Waals surface area contributed by atoms with Crippen LogP contribution >= 0.6 is 38.3 Å². The summed E-state index contributed by atoms with van der Waals surface area (Å²) in [6, 6.07) is 10.3. The van der Waals surface area contributed by atoms with Crippen molar-refractivity contribution in [3.63, 3.8) is 0 Å². The van der Waals surface area contributed by atoms with Crippen LogP contribution in [-0.2, 0) is 15.9 Å². The van der Waals surface area contributed by atoms with E-state index < -0.39 is 11.2 Å². The number of fused-ring (bicyclic) bond motifs is 1. The number of nitrogens with zero attached hydrogens (tertiary/aromatic N) is 4. The molecule has 2 saturated heterocycles. The maximum Gasteiger partial charge on any atom is 0.410 e. The standard InChI is InChI=1S/C35H44N6O4S.2H2S/c1-34(2,3)44-32(42)40-18-8-12-27(40)30-36-21-26(39-30)29-17-15-23(46-29)11-7-10-22-14-16-24-25(20-22)38-31(37-24)28-13-9-19-41(28)33(43)45-35(4,5)6;;/h7,11,14-17,20-21,27-28H,8-10,12-13,18-19H2,1-6H3,(H,36,39)(H,37,38);2*1H2/t27-,28-;;/m0../s1. The van der Waals surface area contributed by atoms with Crippen molar-refractivity contribution in [3.05, 3.63) is 64.7 Å². The molecule has 6 rings (SSSR count). The second-order valence-electron chi connectivity index (χ2n) is 14.1. The van der Waals surface area contributed by atoms with Crippen LogP contribution in [0.15, 0.2) is 42.6 Å². The predicted molar refractivity (Wildman–Crippen MR) is 201 cm³/mol. The lowest BCUT2D eigenvalue weighted by atomic mass is 10.1. The molecule has 0 radical (unpaired) electrons. The van der Waals surface area contributed by atoms with Crippen LogP contribution in [0.2, 0.25) is 0 Å². The highest BCUT2D eigenvalue weighted by molar-refractivity contribution is 7.59. The number of ether oxygens (including phenoxy) is 2. The molecule has 260 valence electrons. The minimum absolute atomic E-state index is 0. The van der Waals surface area contributed by atoms with E-state index in [0.717, 1.165) is 70.2 Å². The van der Waals surface area contributed by atoms with Crippen LogP contribution in [0.3, 0.4) is 0 Å². The highest BCUT2D eigenvalue weighted by atomic mass is 32.1. The number of amides is 2. The number of hydrogen-bond acceptors (Lipinski definition) is 7. The molecular formula is C35H48N6O4S3. The van der Waals surface area contributed by atoms with Gasteiger partial charge in [-0.25, -0.2) is 19.6 Å². The number of thiophene rings is 1. The Kier molecular flexibility index (Phi) is 11.7. The van der Waals surface area contributed by atoms with Crippen molar-refractivity contribution < 1.29 is 19.1 Å². The smallest absolute Gasteiger partial charge is 0.410 e. The minimum atomic E-state index is -0.532. The molecule has 1 aromatic carbocycles. The average molecular weight is 713 g/mol. The Morgan fingerprint density at radius 1 is 0.896 bits per heavy atom. The fourth-order valence-corrected chi connectivity index (χ4v) is 6.97. The van der Waals surface area contributed by atoms with Gasteiger partial charge in [-0.15, -0.1) is 11.3 Å². The number of benzene rings is 1. The van der Waals surface area contributed by atoms with Gasteiger partial charge >= 0.3 is 12.2 Å². The first-order chi connectivity index (χ1) is 21.8. The molecule has 0 saturated carbocycles. The summed E-state index contributed by atoms with van der Waals surface area (Å²) >= 11 is 1.70. The van der Waals surface area contributed by atoms with E-state index in [0.29, 0.717) is 13.1 Å². The van der Waals surface area contributed by atoms with E-state index in [2.05, 4.69) is 51.4 Å². The molecule has 2 N–H and O–H groups in total. The summed E-state index contributed by atoms with van der Waals surface area (Å²) in [5.41, 5.74) is 2.93. The van der Waals surface area contributed by atoms with Gasteiger partial charge in [-0.3, -0.25) is 9.80 Å². The molecule has 0 spiro atoms. The lowest BCUT2D eigenvalue weighted by molar-refractivity contribution is 0.0208. The monoisotopic (exact) mass is 712 g/mol. The van der Waals surface area contributed by atoms with E-state index >= 15 is 0 Å². The van der Waals surface area contributed by atoms with Gasteiger partial charge < -0.3 is 19.4 Å².